The molecule has 11 nitrogen and oxygen atoms in total. The number of carbonyl (C=O) groups excluding carboxylic acids is 3. The highest BCUT2D eigenvalue weighted by Crippen LogP contribution is 2.60. The van der Waals surface area contributed by atoms with Crippen LogP contribution in [0, 0.1) is 19.3 Å². The van der Waals surface area contributed by atoms with Gasteiger partial charge in [-0.05, 0) is 109 Å². The Balaban J connectivity index is 1.20. The van der Waals surface area contributed by atoms with E-state index in [2.05, 4.69) is 36.9 Å². The first-order valence-electron chi connectivity index (χ1n) is 18.5. The number of nitrogens with zero attached hydrogens (tertiary/aromatic N) is 7. The van der Waals surface area contributed by atoms with Gasteiger partial charge in [0.05, 0.1) is 30.3 Å². The van der Waals surface area contributed by atoms with Crippen LogP contribution in [-0.2, 0) is 35.4 Å². The molecular weight excluding hydrogens is 734 g/mol. The zero-order valence-electron chi connectivity index (χ0n) is 30.3. The predicted molar refractivity (Wildman–Crippen MR) is 203 cm³/mol. The van der Waals surface area contributed by atoms with E-state index in [4.69, 9.17) is 14.8 Å². The van der Waals surface area contributed by atoms with Crippen LogP contribution in [0.25, 0.3) is 22.0 Å². The molecule has 3 aliphatic rings. The van der Waals surface area contributed by atoms with Gasteiger partial charge in [0, 0.05) is 53.5 Å². The second-order valence-electron chi connectivity index (χ2n) is 14.9. The minimum atomic E-state index is -0.642. The molecule has 0 radical (unpaired) electrons. The lowest BCUT2D eigenvalue weighted by Gasteiger charge is -2.27. The summed E-state index contributed by atoms with van der Waals surface area (Å²) in [6.07, 6.45) is 10.5. The molecule has 0 N–H and O–H groups in total. The number of amides is 1. The highest BCUT2D eigenvalue weighted by atomic mass is 79.9. The number of ether oxygens (including phenoxy) is 1. The fourth-order valence-corrected chi connectivity index (χ4v) is 8.58. The molecular formula is C41H42BrN7O4. The number of hydrogen-bond acceptors (Lipinski definition) is 9. The maximum Gasteiger partial charge on any atom is 0.245 e. The largest absolute Gasteiger partial charge is 0.477 e. The summed E-state index contributed by atoms with van der Waals surface area (Å²) in [5.41, 5.74) is 6.10. The van der Waals surface area contributed by atoms with Crippen LogP contribution >= 0.6 is 15.9 Å². The highest BCUT2D eigenvalue weighted by molar-refractivity contribution is 9.10. The summed E-state index contributed by atoms with van der Waals surface area (Å²) < 4.78 is 8.69. The number of aryl methyl sites for hydroxylation is 4. The van der Waals surface area contributed by atoms with Crippen molar-refractivity contribution in [2.45, 2.75) is 97.2 Å². The average Bonchev–Trinajstić information content (AvgIpc) is 3.55. The highest BCUT2D eigenvalue weighted by Gasteiger charge is 2.67. The van der Waals surface area contributed by atoms with Gasteiger partial charge >= 0.3 is 0 Å². The van der Waals surface area contributed by atoms with Crippen molar-refractivity contribution >= 4 is 44.3 Å². The van der Waals surface area contributed by atoms with Gasteiger partial charge in [0.15, 0.2) is 11.6 Å². The van der Waals surface area contributed by atoms with Gasteiger partial charge < -0.3 is 9.64 Å². The van der Waals surface area contributed by atoms with Crippen LogP contribution in [0.3, 0.4) is 0 Å². The maximum atomic E-state index is 14.7. The summed E-state index contributed by atoms with van der Waals surface area (Å²) in [7, 11) is 0. The van der Waals surface area contributed by atoms with Crippen molar-refractivity contribution < 1.29 is 19.1 Å². The number of benzene rings is 1. The number of carbonyl (C=O) groups is 3. The molecule has 0 spiro atoms. The molecule has 5 aromatic rings. The molecule has 4 bridgehead atoms. The van der Waals surface area contributed by atoms with E-state index in [-0.39, 0.29) is 41.9 Å². The number of aromatic nitrogens is 6. The van der Waals surface area contributed by atoms with E-state index >= 15 is 0 Å². The second-order valence-corrected chi connectivity index (χ2v) is 15.7. The molecule has 53 heavy (non-hydrogen) atoms. The molecule has 0 unspecified atom stereocenters. The van der Waals surface area contributed by atoms with E-state index in [1.54, 1.807) is 22.0 Å². The van der Waals surface area contributed by atoms with Crippen molar-refractivity contribution in [1.29, 1.82) is 0 Å². The molecule has 2 fully saturated rings. The van der Waals surface area contributed by atoms with E-state index in [1.165, 1.54) is 6.92 Å². The molecule has 272 valence electrons. The molecule has 1 saturated heterocycles. The molecule has 8 rings (SSSR count). The molecule has 1 aromatic carbocycles. The summed E-state index contributed by atoms with van der Waals surface area (Å²) in [5, 5.41) is 5.51. The van der Waals surface area contributed by atoms with Gasteiger partial charge in [-0.15, -0.1) is 0 Å². The van der Waals surface area contributed by atoms with E-state index in [0.29, 0.717) is 46.1 Å². The first-order chi connectivity index (χ1) is 25.6. The third kappa shape index (κ3) is 7.01. The van der Waals surface area contributed by atoms with Crippen LogP contribution in [0.4, 0.5) is 0 Å². The first kappa shape index (κ1) is 35.2. The van der Waals surface area contributed by atoms with Crippen LogP contribution < -0.4 is 4.74 Å². The number of halogens is 1. The maximum absolute atomic E-state index is 14.7. The predicted octanol–water partition coefficient (Wildman–Crippen LogP) is 6.77. The minimum Gasteiger partial charge on any atom is -0.477 e. The molecule has 6 heterocycles. The van der Waals surface area contributed by atoms with Gasteiger partial charge in [0.2, 0.25) is 11.8 Å². The topological polar surface area (TPSA) is 133 Å². The van der Waals surface area contributed by atoms with Gasteiger partial charge in [-0.1, -0.05) is 25.0 Å². The standard InChI is InChI=1S/C41H42BrN7O4/c1-24-13-14-36(42)46-32(24)17-34(51)33-18-41-19-35(41)49(33)38(52)22-48-40-27(9-6-4-5-7-10-30-11-8-12-37(45-30)53-23-41)15-28(29-20-43-26(3)44-21-29)16-31(40)39(47-48)25(2)50/h8,11-16,20-21,33,35H,4-7,9-10,17-19,22-23H2,1-3H3/t33-,35+,41-/m0/s1. The number of ketones is 2. The van der Waals surface area contributed by atoms with Crippen molar-refractivity contribution in [1.82, 2.24) is 34.6 Å². The Morgan fingerprint density at radius 1 is 0.962 bits per heavy atom. The molecule has 4 aromatic heterocycles. The number of hydrogen-bond donors (Lipinski definition) is 0. The molecule has 1 amide bonds. The van der Waals surface area contributed by atoms with E-state index in [1.807, 2.05) is 50.2 Å². The fourth-order valence-electron chi connectivity index (χ4n) is 8.23. The molecule has 2 aliphatic heterocycles. The van der Waals surface area contributed by atoms with E-state index < -0.39 is 6.04 Å². The number of rotatable bonds is 5. The number of pyridine rings is 2. The number of piperidine rings is 1. The van der Waals surface area contributed by atoms with Crippen LogP contribution in [0.2, 0.25) is 0 Å². The van der Waals surface area contributed by atoms with Gasteiger partial charge in [0.25, 0.3) is 0 Å². The lowest BCUT2D eigenvalue weighted by molar-refractivity contribution is -0.139. The minimum absolute atomic E-state index is 0.0544. The Labute approximate surface area is 316 Å². The summed E-state index contributed by atoms with van der Waals surface area (Å²) in [5.74, 6) is 0.812. The molecule has 1 saturated carbocycles. The quantitative estimate of drug-likeness (QED) is 0.140. The van der Waals surface area contributed by atoms with Crippen molar-refractivity contribution in [2.24, 2.45) is 5.41 Å². The van der Waals surface area contributed by atoms with Crippen LogP contribution in [0.5, 0.6) is 5.88 Å². The molecule has 12 heteroatoms. The van der Waals surface area contributed by atoms with Crippen LogP contribution in [0.1, 0.15) is 84.3 Å². The van der Waals surface area contributed by atoms with Crippen LogP contribution in [-0.4, -0.2) is 70.8 Å². The third-order valence-corrected chi connectivity index (χ3v) is 11.6. The Morgan fingerprint density at radius 2 is 1.75 bits per heavy atom. The van der Waals surface area contributed by atoms with E-state index in [0.717, 1.165) is 78.4 Å². The smallest absolute Gasteiger partial charge is 0.245 e. The number of fused-ring (bicyclic) bond motifs is 2. The SMILES string of the molecule is CC(=O)c1nn2c3c(cc(-c4cnc(C)nc4)cc13)CCCCCCc1cccc(n1)OC[C@@]13C[C@@H](C(=O)Cc4nc(Br)ccc4C)N(C(=O)C2)[C@@H]1C3. The van der Waals surface area contributed by atoms with Crippen molar-refractivity contribution in [2.75, 3.05) is 6.61 Å². The van der Waals surface area contributed by atoms with Gasteiger partial charge in [-0.2, -0.15) is 5.10 Å². The summed E-state index contributed by atoms with van der Waals surface area (Å²) in [6.45, 7) is 5.57. The van der Waals surface area contributed by atoms with E-state index in [9.17, 15) is 14.4 Å². The monoisotopic (exact) mass is 775 g/mol. The fraction of sp³-hybridized carbons (Fsp3) is 0.415. The van der Waals surface area contributed by atoms with Crippen molar-refractivity contribution in [3.8, 4) is 17.0 Å². The Hall–Kier alpha value is -4.84. The lowest BCUT2D eigenvalue weighted by Crippen LogP contribution is -2.45. The summed E-state index contributed by atoms with van der Waals surface area (Å²) in [4.78, 5) is 62.0. The zero-order valence-corrected chi connectivity index (χ0v) is 31.9. The van der Waals surface area contributed by atoms with Crippen LogP contribution in [0.15, 0.2) is 59.5 Å². The third-order valence-electron chi connectivity index (χ3n) is 11.2. The second kappa shape index (κ2) is 14.2. The van der Waals surface area contributed by atoms with Crippen molar-refractivity contribution in [3.05, 3.63) is 93.5 Å². The lowest BCUT2D eigenvalue weighted by atomic mass is 9.95. The summed E-state index contributed by atoms with van der Waals surface area (Å²) >= 11 is 3.45. The number of Topliss-reactive ketones (excluding diaryl/α,β-unsaturated/α-hetero) is 2. The first-order valence-corrected chi connectivity index (χ1v) is 19.3. The van der Waals surface area contributed by atoms with Crippen molar-refractivity contribution in [3.63, 3.8) is 0 Å². The van der Waals surface area contributed by atoms with Gasteiger partial charge in [0.1, 0.15) is 22.7 Å². The summed E-state index contributed by atoms with van der Waals surface area (Å²) in [6, 6.07) is 13.0. The van der Waals surface area contributed by atoms with Gasteiger partial charge in [-0.3, -0.25) is 19.1 Å². The zero-order chi connectivity index (χ0) is 36.9. The van der Waals surface area contributed by atoms with Gasteiger partial charge in [-0.25, -0.2) is 19.9 Å². The molecule has 3 atom stereocenters. The Kier molecular flexibility index (Phi) is 9.42. The molecule has 1 aliphatic carbocycles. The Bertz CT molecular complexity index is 2250. The Morgan fingerprint density at radius 3 is 2.55 bits per heavy atom. The normalized spacial score (nSPS) is 21.7. The average molecular weight is 777 g/mol.